The van der Waals surface area contributed by atoms with E-state index in [9.17, 15) is 13.2 Å². The summed E-state index contributed by atoms with van der Waals surface area (Å²) in [5.74, 6) is -0.0688. The van der Waals surface area contributed by atoms with Gasteiger partial charge in [0.25, 0.3) is 5.91 Å². The van der Waals surface area contributed by atoms with Crippen LogP contribution in [0.3, 0.4) is 0 Å². The SMILES string of the molecule is CS(=O)(=O)Oc1ccc(-c2cc3cc(CN4CCN(CCO)CC4)ccc3[nH]2)c2c1CNC2=O.Cl.Cl. The quantitative estimate of drug-likeness (QED) is 0.382. The largest absolute Gasteiger partial charge is 0.395 e. The van der Waals surface area contributed by atoms with E-state index in [-0.39, 0.29) is 49.6 Å². The average Bonchev–Trinajstić information content (AvgIpc) is 3.39. The van der Waals surface area contributed by atoms with Crippen LogP contribution in [0.25, 0.3) is 22.2 Å². The first-order valence-electron chi connectivity index (χ1n) is 11.3. The average molecular weight is 558 g/mol. The number of carbonyl (C=O) groups excluding carboxylic acids is 1. The van der Waals surface area contributed by atoms with Crippen LogP contribution >= 0.6 is 24.8 Å². The van der Waals surface area contributed by atoms with Gasteiger partial charge in [-0.25, -0.2) is 0 Å². The molecule has 5 rings (SSSR count). The molecule has 0 bridgehead atoms. The van der Waals surface area contributed by atoms with Crippen molar-refractivity contribution in [3.8, 4) is 17.0 Å². The van der Waals surface area contributed by atoms with E-state index in [2.05, 4.69) is 38.3 Å². The van der Waals surface area contributed by atoms with Crippen LogP contribution in [0.4, 0.5) is 0 Å². The van der Waals surface area contributed by atoms with Crippen molar-refractivity contribution in [3.63, 3.8) is 0 Å². The Morgan fingerprint density at radius 3 is 2.44 bits per heavy atom. The van der Waals surface area contributed by atoms with Crippen molar-refractivity contribution < 1.29 is 22.5 Å². The first-order valence-corrected chi connectivity index (χ1v) is 13.1. The van der Waals surface area contributed by atoms with Crippen LogP contribution in [0.1, 0.15) is 21.5 Å². The number of aliphatic hydroxyl groups excluding tert-OH is 1. The Kier molecular flexibility index (Phi) is 8.92. The van der Waals surface area contributed by atoms with Gasteiger partial charge in [0, 0.05) is 73.5 Å². The molecule has 1 aromatic heterocycles. The molecule has 0 aliphatic carbocycles. The summed E-state index contributed by atoms with van der Waals surface area (Å²) in [5.41, 5.74) is 4.68. The molecule has 0 unspecified atom stereocenters. The lowest BCUT2D eigenvalue weighted by atomic mass is 9.99. The number of piperazine rings is 1. The molecule has 196 valence electrons. The molecular formula is C24H30Cl2N4O5S. The van der Waals surface area contributed by atoms with Gasteiger partial charge in [-0.3, -0.25) is 14.6 Å². The highest BCUT2D eigenvalue weighted by Gasteiger charge is 2.28. The molecule has 0 atom stereocenters. The van der Waals surface area contributed by atoms with Crippen molar-refractivity contribution >= 4 is 51.7 Å². The van der Waals surface area contributed by atoms with Crippen LogP contribution in [0.5, 0.6) is 5.75 Å². The maximum absolute atomic E-state index is 12.6. The molecule has 36 heavy (non-hydrogen) atoms. The van der Waals surface area contributed by atoms with E-state index in [1.165, 1.54) is 5.56 Å². The van der Waals surface area contributed by atoms with Gasteiger partial charge in [0.05, 0.1) is 18.4 Å². The summed E-state index contributed by atoms with van der Waals surface area (Å²) in [6, 6.07) is 11.7. The Bertz CT molecular complexity index is 1350. The van der Waals surface area contributed by atoms with E-state index < -0.39 is 10.1 Å². The number of nitrogens with zero attached hydrogens (tertiary/aromatic N) is 2. The van der Waals surface area contributed by atoms with Crippen molar-refractivity contribution in [2.45, 2.75) is 13.1 Å². The number of nitrogens with one attached hydrogen (secondary N) is 2. The van der Waals surface area contributed by atoms with Gasteiger partial charge in [0.15, 0.2) is 0 Å². The summed E-state index contributed by atoms with van der Waals surface area (Å²) in [6.45, 7) is 5.88. The Hall–Kier alpha value is -2.34. The molecule has 0 saturated carbocycles. The van der Waals surface area contributed by atoms with Gasteiger partial charge >= 0.3 is 10.1 Å². The van der Waals surface area contributed by atoms with Crippen LogP contribution in [0, 0.1) is 0 Å². The fourth-order valence-corrected chi connectivity index (χ4v) is 5.26. The van der Waals surface area contributed by atoms with Crippen molar-refractivity contribution in [1.82, 2.24) is 20.1 Å². The summed E-state index contributed by atoms with van der Waals surface area (Å²) in [4.78, 5) is 20.7. The number of H-pyrrole nitrogens is 1. The normalized spacial score (nSPS) is 16.2. The van der Waals surface area contributed by atoms with E-state index in [1.54, 1.807) is 12.1 Å². The molecule has 3 aromatic rings. The van der Waals surface area contributed by atoms with Gasteiger partial charge in [-0.2, -0.15) is 8.42 Å². The van der Waals surface area contributed by atoms with Crippen LogP contribution < -0.4 is 9.50 Å². The van der Waals surface area contributed by atoms with E-state index in [1.807, 2.05) is 6.07 Å². The van der Waals surface area contributed by atoms with Crippen LogP contribution in [0.2, 0.25) is 0 Å². The standard InChI is InChI=1S/C24H28N4O5S.2ClH/c1-34(31,32)33-22-5-3-18(23-19(22)14-25-24(23)30)21-13-17-12-16(2-4-20(17)26-21)15-28-8-6-27(7-9-28)10-11-29;;/h2-5,12-13,26,29H,6-11,14-15H2,1H3,(H,25,30);2*1H. The second-order valence-corrected chi connectivity index (χ2v) is 10.5. The number of aromatic amines is 1. The molecule has 0 spiro atoms. The number of fused-ring (bicyclic) bond motifs is 2. The molecule has 0 radical (unpaired) electrons. The highest BCUT2D eigenvalue weighted by molar-refractivity contribution is 7.86. The molecule has 2 aliphatic heterocycles. The summed E-state index contributed by atoms with van der Waals surface area (Å²) in [6.07, 6.45) is 0.988. The third-order valence-electron chi connectivity index (χ3n) is 6.43. The molecule has 1 amide bonds. The second-order valence-electron chi connectivity index (χ2n) is 8.88. The summed E-state index contributed by atoms with van der Waals surface area (Å²) in [5, 5.41) is 12.9. The highest BCUT2D eigenvalue weighted by Crippen LogP contribution is 2.36. The lowest BCUT2D eigenvalue weighted by Gasteiger charge is -2.34. The number of aliphatic hydroxyl groups is 1. The third-order valence-corrected chi connectivity index (χ3v) is 6.91. The fourth-order valence-electron chi connectivity index (χ4n) is 4.78. The van der Waals surface area contributed by atoms with Gasteiger partial charge in [0.2, 0.25) is 0 Å². The summed E-state index contributed by atoms with van der Waals surface area (Å²) >= 11 is 0. The second kappa shape index (κ2) is 11.4. The minimum atomic E-state index is -3.70. The van der Waals surface area contributed by atoms with Crippen LogP contribution in [-0.4, -0.2) is 79.8 Å². The zero-order chi connectivity index (χ0) is 23.9. The lowest BCUT2D eigenvalue weighted by molar-refractivity contribution is 0.0966. The predicted molar refractivity (Wildman–Crippen MR) is 144 cm³/mol. The molecule has 3 heterocycles. The van der Waals surface area contributed by atoms with E-state index in [0.29, 0.717) is 16.7 Å². The number of β-amino-alcohol motifs (C(OH)–C–C–N with tert-alkyl or cyclic N) is 1. The number of amides is 1. The molecule has 1 fully saturated rings. The van der Waals surface area contributed by atoms with Gasteiger partial charge < -0.3 is 19.6 Å². The van der Waals surface area contributed by atoms with Crippen LogP contribution in [0.15, 0.2) is 36.4 Å². The van der Waals surface area contributed by atoms with Gasteiger partial charge in [-0.1, -0.05) is 6.07 Å². The molecule has 2 aliphatic rings. The maximum atomic E-state index is 12.6. The number of carbonyl (C=O) groups is 1. The zero-order valence-electron chi connectivity index (χ0n) is 19.8. The monoisotopic (exact) mass is 556 g/mol. The van der Waals surface area contributed by atoms with Crippen molar-refractivity contribution in [3.05, 3.63) is 53.1 Å². The third kappa shape index (κ3) is 5.96. The smallest absolute Gasteiger partial charge is 0.306 e. The Labute approximate surface area is 222 Å². The number of hydrogen-bond acceptors (Lipinski definition) is 7. The molecule has 12 heteroatoms. The van der Waals surface area contributed by atoms with E-state index >= 15 is 0 Å². The lowest BCUT2D eigenvalue weighted by Crippen LogP contribution is -2.46. The predicted octanol–water partition coefficient (Wildman–Crippen LogP) is 2.37. The maximum Gasteiger partial charge on any atom is 0.306 e. The Morgan fingerprint density at radius 1 is 1.03 bits per heavy atom. The fraction of sp³-hybridized carbons (Fsp3) is 0.375. The summed E-state index contributed by atoms with van der Waals surface area (Å²) in [7, 11) is -3.70. The first kappa shape index (κ1) is 28.2. The Morgan fingerprint density at radius 2 is 1.75 bits per heavy atom. The topological polar surface area (TPSA) is 115 Å². The van der Waals surface area contributed by atoms with Gasteiger partial charge in [-0.05, 0) is 35.9 Å². The van der Waals surface area contributed by atoms with Crippen molar-refractivity contribution in [2.24, 2.45) is 0 Å². The summed E-state index contributed by atoms with van der Waals surface area (Å²) < 4.78 is 28.4. The van der Waals surface area contributed by atoms with Gasteiger partial charge in [0.1, 0.15) is 5.75 Å². The molecule has 9 nitrogen and oxygen atoms in total. The number of aromatic nitrogens is 1. The van der Waals surface area contributed by atoms with Crippen molar-refractivity contribution in [2.75, 3.05) is 45.6 Å². The van der Waals surface area contributed by atoms with E-state index in [4.69, 9.17) is 9.29 Å². The molecule has 1 saturated heterocycles. The van der Waals surface area contributed by atoms with E-state index in [0.717, 1.165) is 62.1 Å². The van der Waals surface area contributed by atoms with Crippen LogP contribution in [-0.2, 0) is 23.2 Å². The molecule has 2 aromatic carbocycles. The highest BCUT2D eigenvalue weighted by atomic mass is 35.5. The van der Waals surface area contributed by atoms with Crippen molar-refractivity contribution in [1.29, 1.82) is 0 Å². The number of halogens is 2. The Balaban J connectivity index is 0.00000180. The number of hydrogen-bond donors (Lipinski definition) is 3. The minimum absolute atomic E-state index is 0. The number of rotatable bonds is 7. The minimum Gasteiger partial charge on any atom is -0.395 e. The molecule has 3 N–H and O–H groups in total. The first-order chi connectivity index (χ1) is 16.3. The number of benzene rings is 2. The van der Waals surface area contributed by atoms with Gasteiger partial charge in [-0.15, -0.1) is 24.8 Å². The zero-order valence-corrected chi connectivity index (χ0v) is 22.3. The molecular weight excluding hydrogens is 527 g/mol.